The number of alkyl halides is 3. The van der Waals surface area contributed by atoms with Crippen molar-refractivity contribution in [3.63, 3.8) is 0 Å². The Morgan fingerprint density at radius 1 is 1.00 bits per heavy atom. The summed E-state index contributed by atoms with van der Waals surface area (Å²) in [5.41, 5.74) is 7.04. The number of aryl methyl sites for hydroxylation is 2. The van der Waals surface area contributed by atoms with Crippen molar-refractivity contribution < 1.29 is 17.9 Å². The molecule has 8 heteroatoms. The van der Waals surface area contributed by atoms with E-state index in [0.717, 1.165) is 17.2 Å². The number of nitrogens with two attached hydrogens (primary N) is 1. The molecule has 0 aliphatic rings. The Morgan fingerprint density at radius 2 is 1.67 bits per heavy atom. The van der Waals surface area contributed by atoms with E-state index >= 15 is 0 Å². The summed E-state index contributed by atoms with van der Waals surface area (Å²) in [6, 6.07) is 10.7. The minimum Gasteiger partial charge on any atom is -0.437 e. The SMILES string of the molecule is Cc1cc(C)cc(Oc2ncnc(Nc3ccccc3C(F)(F)F)c2N)c1. The molecular weight excluding hydrogens is 357 g/mol. The van der Waals surface area contributed by atoms with Gasteiger partial charge in [-0.2, -0.15) is 18.2 Å². The van der Waals surface area contributed by atoms with Gasteiger partial charge in [0.2, 0.25) is 5.88 Å². The van der Waals surface area contributed by atoms with Crippen molar-refractivity contribution in [1.82, 2.24) is 9.97 Å². The molecule has 0 aliphatic carbocycles. The predicted molar refractivity (Wildman–Crippen MR) is 97.2 cm³/mol. The van der Waals surface area contributed by atoms with E-state index in [9.17, 15) is 13.2 Å². The van der Waals surface area contributed by atoms with Crippen LogP contribution in [0.3, 0.4) is 0 Å². The molecule has 0 amide bonds. The summed E-state index contributed by atoms with van der Waals surface area (Å²) in [7, 11) is 0. The largest absolute Gasteiger partial charge is 0.437 e. The zero-order valence-corrected chi connectivity index (χ0v) is 14.6. The van der Waals surface area contributed by atoms with Crippen molar-refractivity contribution in [2.75, 3.05) is 11.1 Å². The normalized spacial score (nSPS) is 11.3. The number of para-hydroxylation sites is 1. The van der Waals surface area contributed by atoms with Gasteiger partial charge >= 0.3 is 6.18 Å². The summed E-state index contributed by atoms with van der Waals surface area (Å²) >= 11 is 0. The first kappa shape index (κ1) is 18.5. The summed E-state index contributed by atoms with van der Waals surface area (Å²) in [4.78, 5) is 7.93. The van der Waals surface area contributed by atoms with E-state index in [1.54, 1.807) is 12.1 Å². The number of aromatic nitrogens is 2. The van der Waals surface area contributed by atoms with Crippen molar-refractivity contribution in [3.05, 3.63) is 65.5 Å². The minimum atomic E-state index is -4.51. The molecule has 1 heterocycles. The maximum Gasteiger partial charge on any atom is 0.418 e. The van der Waals surface area contributed by atoms with Gasteiger partial charge in [0.15, 0.2) is 5.82 Å². The van der Waals surface area contributed by atoms with E-state index < -0.39 is 11.7 Å². The van der Waals surface area contributed by atoms with Crippen LogP contribution in [0, 0.1) is 13.8 Å². The summed E-state index contributed by atoms with van der Waals surface area (Å²) in [5.74, 6) is 0.614. The van der Waals surface area contributed by atoms with Gasteiger partial charge in [-0.15, -0.1) is 0 Å². The second-order valence-corrected chi connectivity index (χ2v) is 6.03. The first-order valence-electron chi connectivity index (χ1n) is 8.04. The van der Waals surface area contributed by atoms with Crippen LogP contribution in [0.15, 0.2) is 48.8 Å². The van der Waals surface area contributed by atoms with Gasteiger partial charge in [0.25, 0.3) is 0 Å². The van der Waals surface area contributed by atoms with Crippen molar-refractivity contribution in [2.24, 2.45) is 0 Å². The minimum absolute atomic E-state index is 0.00800. The van der Waals surface area contributed by atoms with Crippen LogP contribution in [0.25, 0.3) is 0 Å². The van der Waals surface area contributed by atoms with Crippen molar-refractivity contribution in [3.8, 4) is 11.6 Å². The molecule has 0 spiro atoms. The Labute approximate surface area is 154 Å². The molecule has 3 aromatic rings. The van der Waals surface area contributed by atoms with Crippen molar-refractivity contribution >= 4 is 17.2 Å². The van der Waals surface area contributed by atoms with E-state index in [-0.39, 0.29) is 23.1 Å². The molecule has 0 radical (unpaired) electrons. The van der Waals surface area contributed by atoms with Gasteiger partial charge in [0.05, 0.1) is 11.3 Å². The summed E-state index contributed by atoms with van der Waals surface area (Å²) in [6.07, 6.45) is -3.34. The van der Waals surface area contributed by atoms with Crippen LogP contribution in [0.1, 0.15) is 16.7 Å². The zero-order valence-electron chi connectivity index (χ0n) is 14.6. The molecule has 3 rings (SSSR count). The number of nitrogens with one attached hydrogen (secondary N) is 1. The van der Waals surface area contributed by atoms with Crippen LogP contribution in [-0.2, 0) is 6.18 Å². The molecule has 3 N–H and O–H groups in total. The number of anilines is 3. The summed E-state index contributed by atoms with van der Waals surface area (Å²) in [5, 5.41) is 2.62. The van der Waals surface area contributed by atoms with Crippen LogP contribution in [0.4, 0.5) is 30.4 Å². The maximum atomic E-state index is 13.2. The van der Waals surface area contributed by atoms with Gasteiger partial charge < -0.3 is 15.8 Å². The third-order valence-electron chi connectivity index (χ3n) is 3.74. The van der Waals surface area contributed by atoms with Gasteiger partial charge in [-0.05, 0) is 49.2 Å². The van der Waals surface area contributed by atoms with Crippen LogP contribution >= 0.6 is 0 Å². The lowest BCUT2D eigenvalue weighted by Crippen LogP contribution is -2.10. The number of hydrogen-bond acceptors (Lipinski definition) is 5. The molecule has 2 aromatic carbocycles. The number of halogens is 3. The highest BCUT2D eigenvalue weighted by molar-refractivity contribution is 5.74. The van der Waals surface area contributed by atoms with Crippen LogP contribution < -0.4 is 15.8 Å². The van der Waals surface area contributed by atoms with E-state index in [0.29, 0.717) is 5.75 Å². The highest BCUT2D eigenvalue weighted by Gasteiger charge is 2.33. The van der Waals surface area contributed by atoms with Crippen LogP contribution in [0.2, 0.25) is 0 Å². The fourth-order valence-electron chi connectivity index (χ4n) is 2.63. The Balaban J connectivity index is 1.92. The first-order chi connectivity index (χ1) is 12.7. The third-order valence-corrected chi connectivity index (χ3v) is 3.74. The van der Waals surface area contributed by atoms with Gasteiger partial charge in [0, 0.05) is 0 Å². The number of hydrogen-bond donors (Lipinski definition) is 2. The van der Waals surface area contributed by atoms with E-state index in [4.69, 9.17) is 10.5 Å². The van der Waals surface area contributed by atoms with Gasteiger partial charge in [0.1, 0.15) is 17.8 Å². The molecule has 140 valence electrons. The summed E-state index contributed by atoms with van der Waals surface area (Å²) in [6.45, 7) is 3.84. The van der Waals surface area contributed by atoms with Gasteiger partial charge in [-0.1, -0.05) is 18.2 Å². The lowest BCUT2D eigenvalue weighted by molar-refractivity contribution is -0.136. The Hall–Kier alpha value is -3.29. The van der Waals surface area contributed by atoms with E-state index in [1.807, 2.05) is 19.9 Å². The molecule has 5 nitrogen and oxygen atoms in total. The Morgan fingerprint density at radius 3 is 2.33 bits per heavy atom. The molecule has 0 atom stereocenters. The number of benzene rings is 2. The quantitative estimate of drug-likeness (QED) is 0.654. The highest BCUT2D eigenvalue weighted by atomic mass is 19.4. The van der Waals surface area contributed by atoms with Gasteiger partial charge in [-0.25, -0.2) is 4.98 Å². The maximum absolute atomic E-state index is 13.2. The fourth-order valence-corrected chi connectivity index (χ4v) is 2.63. The lowest BCUT2D eigenvalue weighted by Gasteiger charge is -2.16. The average molecular weight is 374 g/mol. The standard InChI is InChI=1S/C19H17F3N4O/c1-11-7-12(2)9-13(8-11)27-18-16(23)17(24-10-25-18)26-15-6-4-3-5-14(15)19(20,21)22/h3-10H,23H2,1-2H3,(H,24,25,26). The zero-order chi connectivity index (χ0) is 19.6. The lowest BCUT2D eigenvalue weighted by atomic mass is 10.1. The number of nitrogens with zero attached hydrogens (tertiary/aromatic N) is 2. The molecule has 0 saturated carbocycles. The summed E-state index contributed by atoms with van der Waals surface area (Å²) < 4.78 is 45.2. The van der Waals surface area contributed by atoms with E-state index in [1.165, 1.54) is 24.5 Å². The van der Waals surface area contributed by atoms with Crippen molar-refractivity contribution in [2.45, 2.75) is 20.0 Å². The molecule has 0 unspecified atom stereocenters. The third kappa shape index (κ3) is 4.28. The Bertz CT molecular complexity index is 953. The average Bonchev–Trinajstić information content (AvgIpc) is 2.57. The highest BCUT2D eigenvalue weighted by Crippen LogP contribution is 2.37. The van der Waals surface area contributed by atoms with E-state index in [2.05, 4.69) is 15.3 Å². The van der Waals surface area contributed by atoms with Crippen LogP contribution in [-0.4, -0.2) is 9.97 Å². The Kier molecular flexibility index (Phi) is 4.89. The fraction of sp³-hybridized carbons (Fsp3) is 0.158. The molecule has 0 saturated heterocycles. The molecule has 0 fully saturated rings. The van der Waals surface area contributed by atoms with Crippen molar-refractivity contribution in [1.29, 1.82) is 0 Å². The number of rotatable bonds is 4. The number of ether oxygens (including phenoxy) is 1. The second-order valence-electron chi connectivity index (χ2n) is 6.03. The smallest absolute Gasteiger partial charge is 0.418 e. The van der Waals surface area contributed by atoms with Crippen LogP contribution in [0.5, 0.6) is 11.6 Å². The van der Waals surface area contributed by atoms with Gasteiger partial charge in [-0.3, -0.25) is 0 Å². The second kappa shape index (κ2) is 7.14. The monoisotopic (exact) mass is 374 g/mol. The molecule has 1 aromatic heterocycles. The number of nitrogen functional groups attached to an aromatic ring is 1. The molecule has 27 heavy (non-hydrogen) atoms. The molecule has 0 aliphatic heterocycles. The predicted octanol–water partition coefficient (Wildman–Crippen LogP) is 5.23. The molecule has 0 bridgehead atoms. The first-order valence-corrected chi connectivity index (χ1v) is 8.04. The topological polar surface area (TPSA) is 73.1 Å². The molecular formula is C19H17F3N4O.